The summed E-state index contributed by atoms with van der Waals surface area (Å²) in [4.78, 5) is 0.844. The average molecular weight is 211 g/mol. The molecule has 0 atom stereocenters. The fourth-order valence-electron chi connectivity index (χ4n) is 1.28. The van der Waals surface area contributed by atoms with Gasteiger partial charge in [-0.2, -0.15) is 0 Å². The first kappa shape index (κ1) is 8.72. The van der Waals surface area contributed by atoms with Crippen LogP contribution in [0.2, 0.25) is 0 Å². The fraction of sp³-hybridized carbons (Fsp3) is 0.111. The summed E-state index contributed by atoms with van der Waals surface area (Å²) < 4.78 is 6.31. The lowest BCUT2D eigenvalue weighted by Crippen LogP contribution is -1.85. The van der Waals surface area contributed by atoms with Crippen molar-refractivity contribution >= 4 is 39.7 Å². The molecule has 0 saturated carbocycles. The van der Waals surface area contributed by atoms with Crippen molar-refractivity contribution in [2.45, 2.75) is 4.90 Å². The van der Waals surface area contributed by atoms with E-state index in [2.05, 4.69) is 12.6 Å². The summed E-state index contributed by atoms with van der Waals surface area (Å²) in [5, 5.41) is 2.96. The van der Waals surface area contributed by atoms with E-state index in [-0.39, 0.29) is 0 Å². The Morgan fingerprint density at radius 1 is 1.46 bits per heavy atom. The summed E-state index contributed by atoms with van der Waals surface area (Å²) in [5.74, 6) is 0.808. The SMILES string of the molecule is COc1c(S)ccc2c(N)csc12. The van der Waals surface area contributed by atoms with Crippen molar-refractivity contribution in [1.82, 2.24) is 0 Å². The summed E-state index contributed by atoms with van der Waals surface area (Å²) in [6.45, 7) is 0. The summed E-state index contributed by atoms with van der Waals surface area (Å²) in [7, 11) is 1.64. The number of rotatable bonds is 1. The first-order valence-electron chi connectivity index (χ1n) is 3.76. The van der Waals surface area contributed by atoms with Crippen LogP contribution in [0, 0.1) is 0 Å². The Bertz CT molecular complexity index is 450. The van der Waals surface area contributed by atoms with E-state index in [4.69, 9.17) is 10.5 Å². The highest BCUT2D eigenvalue weighted by Crippen LogP contribution is 2.38. The van der Waals surface area contributed by atoms with Crippen molar-refractivity contribution in [3.8, 4) is 5.75 Å². The van der Waals surface area contributed by atoms with E-state index in [1.807, 2.05) is 17.5 Å². The minimum atomic E-state index is 0.798. The number of benzene rings is 1. The molecule has 0 saturated heterocycles. The van der Waals surface area contributed by atoms with Crippen molar-refractivity contribution < 1.29 is 4.74 Å². The monoisotopic (exact) mass is 211 g/mol. The molecule has 13 heavy (non-hydrogen) atoms. The molecule has 0 aliphatic rings. The van der Waals surface area contributed by atoms with Gasteiger partial charge in [0.05, 0.1) is 17.5 Å². The van der Waals surface area contributed by atoms with E-state index < -0.39 is 0 Å². The molecule has 0 fully saturated rings. The van der Waals surface area contributed by atoms with Crippen LogP contribution in [0.15, 0.2) is 22.4 Å². The zero-order valence-corrected chi connectivity index (χ0v) is 8.78. The predicted molar refractivity (Wildman–Crippen MR) is 60.0 cm³/mol. The average Bonchev–Trinajstić information content (AvgIpc) is 2.48. The molecule has 0 aliphatic heterocycles. The van der Waals surface area contributed by atoms with Crippen molar-refractivity contribution in [1.29, 1.82) is 0 Å². The quantitative estimate of drug-likeness (QED) is 0.711. The van der Waals surface area contributed by atoms with E-state index in [0.29, 0.717) is 0 Å². The zero-order valence-electron chi connectivity index (χ0n) is 7.07. The Hall–Kier alpha value is -0.870. The third kappa shape index (κ3) is 1.26. The largest absolute Gasteiger partial charge is 0.494 e. The van der Waals surface area contributed by atoms with Gasteiger partial charge in [0.15, 0.2) is 0 Å². The highest BCUT2D eigenvalue weighted by molar-refractivity contribution is 7.80. The Morgan fingerprint density at radius 3 is 2.92 bits per heavy atom. The molecule has 0 bridgehead atoms. The van der Waals surface area contributed by atoms with Crippen LogP contribution in [0.1, 0.15) is 0 Å². The van der Waals surface area contributed by atoms with Gasteiger partial charge in [-0.15, -0.1) is 24.0 Å². The standard InChI is InChI=1S/C9H9NOS2/c1-11-8-7(12)3-2-5-6(10)4-13-9(5)8/h2-4,12H,10H2,1H3. The lowest BCUT2D eigenvalue weighted by atomic mass is 10.2. The second-order valence-corrected chi connectivity index (χ2v) is 4.05. The van der Waals surface area contributed by atoms with E-state index >= 15 is 0 Å². The predicted octanol–water partition coefficient (Wildman–Crippen LogP) is 2.78. The number of thiophene rings is 1. The summed E-state index contributed by atoms with van der Waals surface area (Å²) in [6, 6.07) is 3.86. The topological polar surface area (TPSA) is 35.2 Å². The second kappa shape index (κ2) is 3.12. The molecule has 2 rings (SSSR count). The first-order valence-corrected chi connectivity index (χ1v) is 5.09. The van der Waals surface area contributed by atoms with E-state index in [1.54, 1.807) is 18.4 Å². The van der Waals surface area contributed by atoms with Crippen LogP contribution in [-0.2, 0) is 0 Å². The van der Waals surface area contributed by atoms with Gasteiger partial charge in [-0.05, 0) is 6.07 Å². The number of methoxy groups -OCH3 is 1. The normalized spacial score (nSPS) is 10.6. The molecule has 0 aliphatic carbocycles. The van der Waals surface area contributed by atoms with Gasteiger partial charge in [0.2, 0.25) is 0 Å². The molecule has 0 radical (unpaired) electrons. The highest BCUT2D eigenvalue weighted by atomic mass is 32.1. The van der Waals surface area contributed by atoms with E-state index in [1.165, 1.54) is 0 Å². The number of hydrogen-bond acceptors (Lipinski definition) is 4. The molecule has 1 heterocycles. The Balaban J connectivity index is 2.85. The minimum Gasteiger partial charge on any atom is -0.494 e. The van der Waals surface area contributed by atoms with Gasteiger partial charge in [-0.1, -0.05) is 6.07 Å². The molecular formula is C9H9NOS2. The lowest BCUT2D eigenvalue weighted by Gasteiger charge is -2.04. The maximum atomic E-state index is 5.78. The summed E-state index contributed by atoms with van der Waals surface area (Å²) in [5.41, 5.74) is 6.58. The Morgan fingerprint density at radius 2 is 2.23 bits per heavy atom. The highest BCUT2D eigenvalue weighted by Gasteiger charge is 2.08. The van der Waals surface area contributed by atoms with Gasteiger partial charge in [0, 0.05) is 15.7 Å². The van der Waals surface area contributed by atoms with Gasteiger partial charge in [0.25, 0.3) is 0 Å². The minimum absolute atomic E-state index is 0.798. The third-order valence-electron chi connectivity index (χ3n) is 1.91. The summed E-state index contributed by atoms with van der Waals surface area (Å²) >= 11 is 5.88. The van der Waals surface area contributed by atoms with Crippen LogP contribution in [0.25, 0.3) is 10.1 Å². The van der Waals surface area contributed by atoms with Crippen LogP contribution in [0.3, 0.4) is 0 Å². The number of thiol groups is 1. The van der Waals surface area contributed by atoms with Gasteiger partial charge in [-0.3, -0.25) is 0 Å². The smallest absolute Gasteiger partial charge is 0.150 e. The van der Waals surface area contributed by atoms with Crippen LogP contribution in [-0.4, -0.2) is 7.11 Å². The summed E-state index contributed by atoms with van der Waals surface area (Å²) in [6.07, 6.45) is 0. The van der Waals surface area contributed by atoms with Crippen molar-refractivity contribution in [2.24, 2.45) is 0 Å². The van der Waals surface area contributed by atoms with Crippen LogP contribution in [0.5, 0.6) is 5.75 Å². The third-order valence-corrected chi connectivity index (χ3v) is 3.28. The second-order valence-electron chi connectivity index (χ2n) is 2.69. The zero-order chi connectivity index (χ0) is 9.42. The van der Waals surface area contributed by atoms with Crippen LogP contribution in [0.4, 0.5) is 5.69 Å². The number of fused-ring (bicyclic) bond motifs is 1. The first-order chi connectivity index (χ1) is 6.24. The molecule has 2 nitrogen and oxygen atoms in total. The molecule has 0 unspecified atom stereocenters. The maximum absolute atomic E-state index is 5.78. The molecular weight excluding hydrogens is 202 g/mol. The maximum Gasteiger partial charge on any atom is 0.150 e. The molecule has 2 N–H and O–H groups in total. The molecule has 1 aromatic heterocycles. The van der Waals surface area contributed by atoms with Crippen molar-refractivity contribution in [3.63, 3.8) is 0 Å². The van der Waals surface area contributed by atoms with E-state index in [9.17, 15) is 0 Å². The molecule has 2 aromatic rings. The number of hydrogen-bond donors (Lipinski definition) is 2. The molecule has 0 amide bonds. The molecule has 4 heteroatoms. The van der Waals surface area contributed by atoms with Crippen LogP contribution < -0.4 is 10.5 Å². The Labute approximate surface area is 85.7 Å². The number of nitrogen functional groups attached to an aromatic ring is 1. The number of nitrogens with two attached hydrogens (primary N) is 1. The van der Waals surface area contributed by atoms with E-state index in [0.717, 1.165) is 26.4 Å². The molecule has 1 aromatic carbocycles. The molecule has 68 valence electrons. The van der Waals surface area contributed by atoms with Crippen LogP contribution >= 0.6 is 24.0 Å². The number of ether oxygens (including phenoxy) is 1. The van der Waals surface area contributed by atoms with Gasteiger partial charge in [-0.25, -0.2) is 0 Å². The number of anilines is 1. The van der Waals surface area contributed by atoms with Crippen molar-refractivity contribution in [2.75, 3.05) is 12.8 Å². The molecule has 0 spiro atoms. The fourth-order valence-corrected chi connectivity index (χ4v) is 2.62. The Kier molecular flexibility index (Phi) is 2.09. The van der Waals surface area contributed by atoms with Gasteiger partial charge >= 0.3 is 0 Å². The van der Waals surface area contributed by atoms with Crippen molar-refractivity contribution in [3.05, 3.63) is 17.5 Å². The van der Waals surface area contributed by atoms with Gasteiger partial charge < -0.3 is 10.5 Å². The van der Waals surface area contributed by atoms with Gasteiger partial charge in [0.1, 0.15) is 5.75 Å². The lowest BCUT2D eigenvalue weighted by molar-refractivity contribution is 0.411.